The van der Waals surface area contributed by atoms with Gasteiger partial charge in [0.05, 0.1) is 12.4 Å². The van der Waals surface area contributed by atoms with Crippen LogP contribution in [-0.2, 0) is 10.5 Å². The van der Waals surface area contributed by atoms with E-state index in [1.807, 2.05) is 0 Å². The number of carbonyl (C=O) groups excluding carboxylic acids is 1. The van der Waals surface area contributed by atoms with Gasteiger partial charge in [-0.3, -0.25) is 4.79 Å². The number of benzene rings is 1. The molecule has 0 fully saturated rings. The topological polar surface area (TPSA) is 49.3 Å². The first-order valence-corrected chi connectivity index (χ1v) is 8.71. The summed E-state index contributed by atoms with van der Waals surface area (Å²) in [7, 11) is 0. The first kappa shape index (κ1) is 18.1. The Morgan fingerprint density at radius 2 is 1.86 bits per heavy atom. The molecule has 0 aliphatic carbocycles. The van der Waals surface area contributed by atoms with Crippen molar-refractivity contribution in [2.75, 3.05) is 18.9 Å². The van der Waals surface area contributed by atoms with Crippen LogP contribution in [0.15, 0.2) is 24.3 Å². The third-order valence-corrected chi connectivity index (χ3v) is 5.12. The smallest absolute Gasteiger partial charge is 0.230 e. The lowest BCUT2D eigenvalue weighted by Gasteiger charge is -2.29. The van der Waals surface area contributed by atoms with Gasteiger partial charge in [-0.25, -0.2) is 0 Å². The lowest BCUT2D eigenvalue weighted by molar-refractivity contribution is -0.119. The summed E-state index contributed by atoms with van der Waals surface area (Å²) in [5.74, 6) is 1.36. The Morgan fingerprint density at radius 1 is 1.24 bits per heavy atom. The molecule has 0 aromatic heterocycles. The number of rotatable bonds is 9. The van der Waals surface area contributed by atoms with E-state index in [2.05, 4.69) is 50.4 Å². The second-order valence-electron chi connectivity index (χ2n) is 5.62. The molecule has 4 heteroatoms. The van der Waals surface area contributed by atoms with Gasteiger partial charge in [0.15, 0.2) is 0 Å². The molecule has 1 rings (SSSR count). The highest BCUT2D eigenvalue weighted by molar-refractivity contribution is 7.99. The third-order valence-electron chi connectivity index (χ3n) is 4.12. The summed E-state index contributed by atoms with van der Waals surface area (Å²) in [4.78, 5) is 11.9. The van der Waals surface area contributed by atoms with Crippen molar-refractivity contribution in [3.05, 3.63) is 35.4 Å². The van der Waals surface area contributed by atoms with Crippen molar-refractivity contribution < 1.29 is 9.90 Å². The standard InChI is InChI=1S/C17H27NO2S/c1-4-17(5-2,13-19)12-18-16(20)11-21-10-15-8-6-14(3)7-9-15/h6-9,19H,4-5,10-13H2,1-3H3,(H,18,20). The highest BCUT2D eigenvalue weighted by Crippen LogP contribution is 2.24. The fraction of sp³-hybridized carbons (Fsp3) is 0.588. The van der Waals surface area contributed by atoms with Crippen molar-refractivity contribution >= 4 is 17.7 Å². The first-order valence-electron chi connectivity index (χ1n) is 7.56. The van der Waals surface area contributed by atoms with Gasteiger partial charge < -0.3 is 10.4 Å². The fourth-order valence-electron chi connectivity index (χ4n) is 2.06. The minimum Gasteiger partial charge on any atom is -0.396 e. The van der Waals surface area contributed by atoms with Crippen LogP contribution in [0.3, 0.4) is 0 Å². The predicted molar refractivity (Wildman–Crippen MR) is 90.5 cm³/mol. The molecule has 0 bridgehead atoms. The van der Waals surface area contributed by atoms with E-state index < -0.39 is 0 Å². The molecule has 1 aromatic carbocycles. The Morgan fingerprint density at radius 3 is 2.38 bits per heavy atom. The minimum atomic E-state index is -0.169. The average molecular weight is 309 g/mol. The van der Waals surface area contributed by atoms with Gasteiger partial charge in [0.2, 0.25) is 5.91 Å². The molecule has 0 saturated carbocycles. The lowest BCUT2D eigenvalue weighted by atomic mass is 9.83. The second-order valence-corrected chi connectivity index (χ2v) is 6.61. The van der Waals surface area contributed by atoms with Crippen LogP contribution in [0.25, 0.3) is 0 Å². The summed E-state index contributed by atoms with van der Waals surface area (Å²) in [6, 6.07) is 8.39. The average Bonchev–Trinajstić information content (AvgIpc) is 2.51. The van der Waals surface area contributed by atoms with Crippen LogP contribution in [-0.4, -0.2) is 29.9 Å². The van der Waals surface area contributed by atoms with Crippen molar-refractivity contribution in [1.82, 2.24) is 5.32 Å². The molecule has 2 N–H and O–H groups in total. The summed E-state index contributed by atoms with van der Waals surface area (Å²) in [6.07, 6.45) is 1.74. The van der Waals surface area contributed by atoms with Gasteiger partial charge >= 0.3 is 0 Å². The Hall–Kier alpha value is -1.00. The molecule has 0 radical (unpaired) electrons. The van der Waals surface area contributed by atoms with E-state index in [1.165, 1.54) is 11.1 Å². The highest BCUT2D eigenvalue weighted by Gasteiger charge is 2.25. The van der Waals surface area contributed by atoms with Gasteiger partial charge in [0, 0.05) is 17.7 Å². The minimum absolute atomic E-state index is 0.0480. The van der Waals surface area contributed by atoms with Crippen molar-refractivity contribution in [2.24, 2.45) is 5.41 Å². The van der Waals surface area contributed by atoms with Crippen LogP contribution in [0.5, 0.6) is 0 Å². The van der Waals surface area contributed by atoms with Crippen LogP contribution >= 0.6 is 11.8 Å². The van der Waals surface area contributed by atoms with Crippen molar-refractivity contribution in [2.45, 2.75) is 39.4 Å². The number of aliphatic hydroxyl groups excluding tert-OH is 1. The quantitative estimate of drug-likeness (QED) is 0.737. The monoisotopic (exact) mass is 309 g/mol. The first-order chi connectivity index (χ1) is 10.0. The van der Waals surface area contributed by atoms with E-state index in [0.717, 1.165) is 18.6 Å². The number of hydrogen-bond acceptors (Lipinski definition) is 3. The predicted octanol–water partition coefficient (Wildman–Crippen LogP) is 3.14. The maximum Gasteiger partial charge on any atom is 0.230 e. The summed E-state index contributed by atoms with van der Waals surface area (Å²) < 4.78 is 0. The molecule has 0 unspecified atom stereocenters. The third kappa shape index (κ3) is 6.10. The fourth-order valence-corrected chi connectivity index (χ4v) is 2.88. The SMILES string of the molecule is CCC(CC)(CO)CNC(=O)CSCc1ccc(C)cc1. The molecule has 1 aromatic rings. The highest BCUT2D eigenvalue weighted by atomic mass is 32.2. The van der Waals surface area contributed by atoms with Crippen molar-refractivity contribution in [3.8, 4) is 0 Å². The van der Waals surface area contributed by atoms with Crippen LogP contribution in [0.1, 0.15) is 37.8 Å². The number of hydrogen-bond donors (Lipinski definition) is 2. The maximum atomic E-state index is 11.9. The van der Waals surface area contributed by atoms with Crippen molar-refractivity contribution in [1.29, 1.82) is 0 Å². The van der Waals surface area contributed by atoms with E-state index in [4.69, 9.17) is 0 Å². The Kier molecular flexibility index (Phi) is 7.83. The van der Waals surface area contributed by atoms with Gasteiger partial charge in [0.1, 0.15) is 0 Å². The molecule has 0 aliphatic rings. The van der Waals surface area contributed by atoms with Crippen LogP contribution in [0.4, 0.5) is 0 Å². The molecule has 0 aliphatic heterocycles. The lowest BCUT2D eigenvalue weighted by Crippen LogP contribution is -2.40. The molecule has 3 nitrogen and oxygen atoms in total. The molecule has 1 amide bonds. The van der Waals surface area contributed by atoms with Crippen LogP contribution in [0.2, 0.25) is 0 Å². The zero-order valence-electron chi connectivity index (χ0n) is 13.3. The number of aliphatic hydroxyl groups is 1. The van der Waals surface area contributed by atoms with Gasteiger partial charge in [0.25, 0.3) is 0 Å². The largest absolute Gasteiger partial charge is 0.396 e. The molecule has 0 saturated heterocycles. The van der Waals surface area contributed by atoms with E-state index in [0.29, 0.717) is 12.3 Å². The van der Waals surface area contributed by atoms with E-state index in [1.54, 1.807) is 11.8 Å². The number of carbonyl (C=O) groups is 1. The Bertz CT molecular complexity index is 419. The molecular weight excluding hydrogens is 282 g/mol. The molecule has 118 valence electrons. The van der Waals surface area contributed by atoms with E-state index >= 15 is 0 Å². The number of aryl methyl sites for hydroxylation is 1. The van der Waals surface area contributed by atoms with Crippen LogP contribution in [0, 0.1) is 12.3 Å². The maximum absolute atomic E-state index is 11.9. The van der Waals surface area contributed by atoms with E-state index in [9.17, 15) is 9.90 Å². The zero-order chi connectivity index (χ0) is 15.7. The van der Waals surface area contributed by atoms with E-state index in [-0.39, 0.29) is 17.9 Å². The van der Waals surface area contributed by atoms with Crippen molar-refractivity contribution in [3.63, 3.8) is 0 Å². The van der Waals surface area contributed by atoms with Gasteiger partial charge in [-0.15, -0.1) is 11.8 Å². The summed E-state index contributed by atoms with van der Waals surface area (Å²) in [5.41, 5.74) is 2.32. The number of amides is 1. The second kappa shape index (κ2) is 9.11. The number of thioether (sulfide) groups is 1. The van der Waals surface area contributed by atoms with Gasteiger partial charge in [-0.1, -0.05) is 43.7 Å². The summed E-state index contributed by atoms with van der Waals surface area (Å²) in [5, 5.41) is 12.4. The van der Waals surface area contributed by atoms with Crippen LogP contribution < -0.4 is 5.32 Å². The van der Waals surface area contributed by atoms with Gasteiger partial charge in [-0.05, 0) is 25.3 Å². The summed E-state index contributed by atoms with van der Waals surface area (Å²) >= 11 is 1.62. The molecule has 0 heterocycles. The summed E-state index contributed by atoms with van der Waals surface area (Å²) in [6.45, 7) is 6.85. The Balaban J connectivity index is 2.29. The van der Waals surface area contributed by atoms with Gasteiger partial charge in [-0.2, -0.15) is 0 Å². The molecule has 0 spiro atoms. The molecule has 0 atom stereocenters. The number of nitrogens with one attached hydrogen (secondary N) is 1. The Labute approximate surface area is 132 Å². The zero-order valence-corrected chi connectivity index (χ0v) is 14.1. The molecular formula is C17H27NO2S. The normalized spacial score (nSPS) is 11.4. The molecule has 21 heavy (non-hydrogen) atoms.